The lowest BCUT2D eigenvalue weighted by molar-refractivity contribution is 0.511. The third kappa shape index (κ3) is 2.59. The van der Waals surface area contributed by atoms with Crippen molar-refractivity contribution in [3.63, 3.8) is 0 Å². The highest BCUT2D eigenvalue weighted by atomic mass is 19.1. The van der Waals surface area contributed by atoms with Crippen molar-refractivity contribution in [1.82, 2.24) is 5.32 Å². The average molecular weight is 223 g/mol. The molecule has 0 aliphatic carbocycles. The van der Waals surface area contributed by atoms with Crippen LogP contribution in [-0.2, 0) is 0 Å². The molecule has 16 heavy (non-hydrogen) atoms. The van der Waals surface area contributed by atoms with Gasteiger partial charge in [0, 0.05) is 0 Å². The van der Waals surface area contributed by atoms with Crippen molar-refractivity contribution in [2.45, 2.75) is 26.3 Å². The van der Waals surface area contributed by atoms with Gasteiger partial charge in [-0.2, -0.15) is 0 Å². The van der Waals surface area contributed by atoms with Crippen LogP contribution in [0.25, 0.3) is 0 Å². The molecule has 0 fully saturated rings. The standard InChI is InChI=1S/C13H15F2N/c1-4-8-16-11(5-2)12-10(14)7-6-9(3)13(12)15/h2,6-7,11,16H,4,8H2,1,3H3. The van der Waals surface area contributed by atoms with E-state index in [0.717, 1.165) is 6.42 Å². The van der Waals surface area contributed by atoms with E-state index in [4.69, 9.17) is 6.42 Å². The summed E-state index contributed by atoms with van der Waals surface area (Å²) in [5.41, 5.74) is 0.339. The molecule has 0 saturated heterocycles. The summed E-state index contributed by atoms with van der Waals surface area (Å²) in [6, 6.07) is 1.94. The molecule has 3 heteroatoms. The van der Waals surface area contributed by atoms with Crippen LogP contribution < -0.4 is 5.32 Å². The molecule has 0 radical (unpaired) electrons. The van der Waals surface area contributed by atoms with Gasteiger partial charge in [-0.3, -0.25) is 5.32 Å². The Morgan fingerprint density at radius 3 is 2.69 bits per heavy atom. The van der Waals surface area contributed by atoms with Crippen LogP contribution >= 0.6 is 0 Å². The third-order valence-electron chi connectivity index (χ3n) is 2.37. The normalized spacial score (nSPS) is 12.2. The maximum Gasteiger partial charge on any atom is 0.134 e. The molecule has 0 aliphatic heterocycles. The quantitative estimate of drug-likeness (QED) is 0.774. The van der Waals surface area contributed by atoms with E-state index < -0.39 is 17.7 Å². The fourth-order valence-corrected chi connectivity index (χ4v) is 1.48. The van der Waals surface area contributed by atoms with E-state index in [1.807, 2.05) is 6.92 Å². The van der Waals surface area contributed by atoms with Gasteiger partial charge in [0.15, 0.2) is 0 Å². The summed E-state index contributed by atoms with van der Waals surface area (Å²) in [5, 5.41) is 2.93. The summed E-state index contributed by atoms with van der Waals surface area (Å²) in [5.74, 6) is 1.21. The van der Waals surface area contributed by atoms with E-state index in [-0.39, 0.29) is 5.56 Å². The summed E-state index contributed by atoms with van der Waals surface area (Å²) in [6.45, 7) is 4.18. The smallest absolute Gasteiger partial charge is 0.134 e. The first kappa shape index (κ1) is 12.7. The zero-order valence-electron chi connectivity index (χ0n) is 9.48. The fourth-order valence-electron chi connectivity index (χ4n) is 1.48. The van der Waals surface area contributed by atoms with Crippen molar-refractivity contribution in [3.8, 4) is 12.3 Å². The number of benzene rings is 1. The number of hydrogen-bond acceptors (Lipinski definition) is 1. The molecule has 1 aromatic rings. The van der Waals surface area contributed by atoms with Gasteiger partial charge in [0.05, 0.1) is 5.56 Å². The maximum absolute atomic E-state index is 13.8. The Hall–Kier alpha value is -1.40. The lowest BCUT2D eigenvalue weighted by Crippen LogP contribution is -2.23. The number of terminal acetylenes is 1. The number of aryl methyl sites for hydroxylation is 1. The minimum absolute atomic E-state index is 0.0593. The Morgan fingerprint density at radius 2 is 2.12 bits per heavy atom. The molecule has 1 rings (SSSR count). The molecule has 0 aliphatic rings. The minimum Gasteiger partial charge on any atom is -0.300 e. The first-order valence-electron chi connectivity index (χ1n) is 5.25. The summed E-state index contributed by atoms with van der Waals surface area (Å²) in [7, 11) is 0. The first-order valence-corrected chi connectivity index (χ1v) is 5.25. The van der Waals surface area contributed by atoms with Crippen LogP contribution in [0.5, 0.6) is 0 Å². The molecular weight excluding hydrogens is 208 g/mol. The van der Waals surface area contributed by atoms with Crippen LogP contribution in [0.15, 0.2) is 12.1 Å². The van der Waals surface area contributed by atoms with Crippen LogP contribution in [0.3, 0.4) is 0 Å². The van der Waals surface area contributed by atoms with E-state index >= 15 is 0 Å². The van der Waals surface area contributed by atoms with E-state index in [1.54, 1.807) is 6.92 Å². The van der Waals surface area contributed by atoms with Gasteiger partial charge in [0.25, 0.3) is 0 Å². The zero-order valence-corrected chi connectivity index (χ0v) is 9.48. The fraction of sp³-hybridized carbons (Fsp3) is 0.385. The van der Waals surface area contributed by atoms with Gasteiger partial charge in [-0.1, -0.05) is 18.9 Å². The van der Waals surface area contributed by atoms with E-state index in [2.05, 4.69) is 11.2 Å². The second-order valence-electron chi connectivity index (χ2n) is 3.65. The Balaban J connectivity index is 3.10. The van der Waals surface area contributed by atoms with Crippen molar-refractivity contribution in [3.05, 3.63) is 34.9 Å². The molecule has 1 aromatic carbocycles. The molecule has 0 aromatic heterocycles. The summed E-state index contributed by atoms with van der Waals surface area (Å²) < 4.78 is 27.3. The molecular formula is C13H15F2N. The van der Waals surface area contributed by atoms with Crippen LogP contribution in [-0.4, -0.2) is 6.54 Å². The third-order valence-corrected chi connectivity index (χ3v) is 2.37. The lowest BCUT2D eigenvalue weighted by Gasteiger charge is -2.15. The van der Waals surface area contributed by atoms with Gasteiger partial charge in [-0.15, -0.1) is 6.42 Å². The highest BCUT2D eigenvalue weighted by molar-refractivity contribution is 5.33. The molecule has 0 heterocycles. The molecule has 0 spiro atoms. The van der Waals surface area contributed by atoms with E-state index in [1.165, 1.54) is 12.1 Å². The Kier molecular flexibility index (Phi) is 4.45. The van der Waals surface area contributed by atoms with Gasteiger partial charge in [-0.05, 0) is 31.5 Å². The molecule has 86 valence electrons. The maximum atomic E-state index is 13.8. The Labute approximate surface area is 94.9 Å². The Morgan fingerprint density at radius 1 is 1.44 bits per heavy atom. The van der Waals surface area contributed by atoms with E-state index in [9.17, 15) is 8.78 Å². The van der Waals surface area contributed by atoms with Crippen molar-refractivity contribution in [2.75, 3.05) is 6.54 Å². The second-order valence-corrected chi connectivity index (χ2v) is 3.65. The molecule has 1 unspecified atom stereocenters. The highest BCUT2D eigenvalue weighted by Gasteiger charge is 2.18. The minimum atomic E-state index is -0.708. The van der Waals surface area contributed by atoms with Crippen molar-refractivity contribution in [2.24, 2.45) is 0 Å². The predicted octanol–water partition coefficient (Wildman–Crippen LogP) is 2.95. The molecule has 1 atom stereocenters. The van der Waals surface area contributed by atoms with Crippen LogP contribution in [0, 0.1) is 30.9 Å². The largest absolute Gasteiger partial charge is 0.300 e. The molecule has 0 saturated carbocycles. The second kappa shape index (κ2) is 5.62. The van der Waals surface area contributed by atoms with Crippen molar-refractivity contribution >= 4 is 0 Å². The lowest BCUT2D eigenvalue weighted by atomic mass is 10.0. The SMILES string of the molecule is C#CC(NCCC)c1c(F)ccc(C)c1F. The number of halogens is 2. The molecule has 1 nitrogen and oxygen atoms in total. The topological polar surface area (TPSA) is 12.0 Å². The summed E-state index contributed by atoms with van der Waals surface area (Å²) in [6.07, 6.45) is 6.14. The van der Waals surface area contributed by atoms with Crippen LogP contribution in [0.1, 0.15) is 30.5 Å². The van der Waals surface area contributed by atoms with Gasteiger partial charge < -0.3 is 0 Å². The zero-order chi connectivity index (χ0) is 12.1. The molecule has 0 amide bonds. The molecule has 1 N–H and O–H groups in total. The van der Waals surface area contributed by atoms with Gasteiger partial charge in [0.1, 0.15) is 17.7 Å². The van der Waals surface area contributed by atoms with Gasteiger partial charge in [0.2, 0.25) is 0 Å². The number of nitrogens with one attached hydrogen (secondary N) is 1. The van der Waals surface area contributed by atoms with Crippen LogP contribution in [0.4, 0.5) is 8.78 Å². The van der Waals surface area contributed by atoms with Crippen molar-refractivity contribution in [1.29, 1.82) is 0 Å². The van der Waals surface area contributed by atoms with Gasteiger partial charge >= 0.3 is 0 Å². The van der Waals surface area contributed by atoms with Gasteiger partial charge in [-0.25, -0.2) is 8.78 Å². The van der Waals surface area contributed by atoms with E-state index in [0.29, 0.717) is 12.1 Å². The highest BCUT2D eigenvalue weighted by Crippen LogP contribution is 2.22. The van der Waals surface area contributed by atoms with Crippen LogP contribution in [0.2, 0.25) is 0 Å². The molecule has 0 bridgehead atoms. The summed E-state index contributed by atoms with van der Waals surface area (Å²) in [4.78, 5) is 0. The summed E-state index contributed by atoms with van der Waals surface area (Å²) >= 11 is 0. The first-order chi connectivity index (χ1) is 7.61. The Bertz CT molecular complexity index is 407. The predicted molar refractivity (Wildman–Crippen MR) is 61.0 cm³/mol. The number of hydrogen-bond donors (Lipinski definition) is 1. The average Bonchev–Trinajstić information content (AvgIpc) is 2.28. The van der Waals surface area contributed by atoms with Crippen molar-refractivity contribution < 1.29 is 8.78 Å². The monoisotopic (exact) mass is 223 g/mol. The number of rotatable bonds is 4.